The first kappa shape index (κ1) is 20.2. The van der Waals surface area contributed by atoms with E-state index in [1.807, 2.05) is 6.92 Å². The van der Waals surface area contributed by atoms with Gasteiger partial charge in [0, 0.05) is 29.3 Å². The second kappa shape index (κ2) is 8.21. The summed E-state index contributed by atoms with van der Waals surface area (Å²) < 4.78 is 5.31. The molecule has 4 N–H and O–H groups in total. The molecule has 10 heteroatoms. The molecule has 0 saturated carbocycles. The number of hydrogen-bond acceptors (Lipinski definition) is 9. The van der Waals surface area contributed by atoms with Crippen LogP contribution in [0, 0.1) is 16.0 Å². The summed E-state index contributed by atoms with van der Waals surface area (Å²) in [5.41, 5.74) is 13.3. The first-order valence-corrected chi connectivity index (χ1v) is 9.28. The lowest BCUT2D eigenvalue weighted by Gasteiger charge is -2.32. The van der Waals surface area contributed by atoms with Crippen LogP contribution in [-0.4, -0.2) is 33.2 Å². The van der Waals surface area contributed by atoms with Crippen molar-refractivity contribution in [2.24, 2.45) is 10.9 Å². The van der Waals surface area contributed by atoms with E-state index in [-0.39, 0.29) is 29.9 Å². The summed E-state index contributed by atoms with van der Waals surface area (Å²) in [7, 11) is 0. The van der Waals surface area contributed by atoms with Crippen molar-refractivity contribution >= 4 is 35.0 Å². The van der Waals surface area contributed by atoms with Crippen LogP contribution in [0.1, 0.15) is 43.7 Å². The molecule has 0 radical (unpaired) electrons. The second-order valence-electron chi connectivity index (χ2n) is 6.62. The van der Waals surface area contributed by atoms with Gasteiger partial charge in [-0.3, -0.25) is 14.9 Å². The zero-order valence-electron chi connectivity index (χ0n) is 16.2. The molecule has 2 atom stereocenters. The van der Waals surface area contributed by atoms with Crippen molar-refractivity contribution in [3.63, 3.8) is 0 Å². The highest BCUT2D eigenvalue weighted by atomic mass is 16.6. The number of esters is 1. The van der Waals surface area contributed by atoms with E-state index in [2.05, 4.69) is 15.0 Å². The van der Waals surface area contributed by atoms with E-state index in [0.29, 0.717) is 23.3 Å². The van der Waals surface area contributed by atoms with Crippen molar-refractivity contribution in [2.75, 3.05) is 18.1 Å². The molecule has 1 aliphatic rings. The first-order chi connectivity index (χ1) is 13.9. The minimum Gasteiger partial charge on any atom is -0.465 e. The van der Waals surface area contributed by atoms with Crippen LogP contribution in [0.25, 0.3) is 0 Å². The maximum atomic E-state index is 12.9. The Balaban J connectivity index is 2.28. The number of nitro benzene ring substituents is 1. The van der Waals surface area contributed by atoms with Crippen molar-refractivity contribution in [3.05, 3.63) is 45.5 Å². The molecule has 1 aromatic carbocycles. The normalized spacial score (nSPS) is 17.9. The van der Waals surface area contributed by atoms with Crippen LogP contribution in [0.2, 0.25) is 0 Å². The smallest absolute Gasteiger partial charge is 0.315 e. The number of hydrogen-bond donors (Lipinski definition) is 2. The number of carbonyl (C=O) groups excluding carboxylic acids is 1. The number of aliphatic imine (C=N–C) groups is 1. The van der Waals surface area contributed by atoms with Gasteiger partial charge in [0.15, 0.2) is 5.82 Å². The fraction of sp³-hybridized carbons (Fsp3) is 0.368. The number of nitrogens with two attached hydrogens (primary N) is 2. The number of benzene rings is 1. The highest BCUT2D eigenvalue weighted by molar-refractivity contribution is 6.06. The van der Waals surface area contributed by atoms with Gasteiger partial charge in [0.25, 0.3) is 5.69 Å². The van der Waals surface area contributed by atoms with Gasteiger partial charge in [-0.15, -0.1) is 0 Å². The number of non-ortho nitro benzene ring substituents is 1. The van der Waals surface area contributed by atoms with Gasteiger partial charge in [-0.05, 0) is 18.9 Å². The first-order valence-electron chi connectivity index (χ1n) is 9.28. The molecule has 0 fully saturated rings. The number of fused-ring (bicyclic) bond motifs is 1. The summed E-state index contributed by atoms with van der Waals surface area (Å²) in [6, 6.07) is 6.08. The monoisotopic (exact) mass is 398 g/mol. The summed E-state index contributed by atoms with van der Waals surface area (Å²) in [6.45, 7) is 3.87. The third kappa shape index (κ3) is 3.86. The molecule has 0 spiro atoms. The van der Waals surface area contributed by atoms with Crippen molar-refractivity contribution in [1.82, 2.24) is 9.97 Å². The molecule has 152 valence electrons. The number of aromatic nitrogens is 2. The molecule has 2 unspecified atom stereocenters. The van der Waals surface area contributed by atoms with Gasteiger partial charge in [0.2, 0.25) is 5.95 Å². The topological polar surface area (TPSA) is 160 Å². The number of anilines is 2. The predicted octanol–water partition coefficient (Wildman–Crippen LogP) is 2.75. The van der Waals surface area contributed by atoms with Gasteiger partial charge in [-0.1, -0.05) is 25.5 Å². The Morgan fingerprint density at radius 1 is 1.28 bits per heavy atom. The summed E-state index contributed by atoms with van der Waals surface area (Å²) in [6.07, 6.45) is 1.26. The molecule has 2 aromatic rings. The third-order valence-corrected chi connectivity index (χ3v) is 4.71. The van der Waals surface area contributed by atoms with Crippen LogP contribution >= 0.6 is 0 Å². The fourth-order valence-electron chi connectivity index (χ4n) is 3.60. The van der Waals surface area contributed by atoms with Crippen LogP contribution < -0.4 is 11.5 Å². The van der Waals surface area contributed by atoms with E-state index in [0.717, 1.165) is 6.42 Å². The Bertz CT molecular complexity index is 991. The molecule has 10 nitrogen and oxygen atoms in total. The Morgan fingerprint density at radius 2 is 2.03 bits per heavy atom. The molecule has 1 aromatic heterocycles. The fourth-order valence-corrected chi connectivity index (χ4v) is 3.60. The Hall–Kier alpha value is -3.56. The summed E-state index contributed by atoms with van der Waals surface area (Å²) in [4.78, 5) is 36.5. The van der Waals surface area contributed by atoms with Gasteiger partial charge < -0.3 is 16.2 Å². The molecule has 2 heterocycles. The minimum absolute atomic E-state index is 0.0341. The zero-order valence-corrected chi connectivity index (χ0v) is 16.2. The van der Waals surface area contributed by atoms with Crippen molar-refractivity contribution in [3.8, 4) is 0 Å². The van der Waals surface area contributed by atoms with Crippen molar-refractivity contribution in [2.45, 2.75) is 32.6 Å². The summed E-state index contributed by atoms with van der Waals surface area (Å²) in [5, 5.41) is 11.3. The average molecular weight is 398 g/mol. The highest BCUT2D eigenvalue weighted by Gasteiger charge is 2.42. The van der Waals surface area contributed by atoms with E-state index in [1.54, 1.807) is 19.1 Å². The number of nitrogens with zero attached hydrogens (tertiary/aromatic N) is 4. The van der Waals surface area contributed by atoms with Crippen LogP contribution in [0.5, 0.6) is 0 Å². The van der Waals surface area contributed by atoms with Gasteiger partial charge in [0.1, 0.15) is 11.7 Å². The van der Waals surface area contributed by atoms with E-state index >= 15 is 0 Å². The molecular weight excluding hydrogens is 376 g/mol. The van der Waals surface area contributed by atoms with Crippen LogP contribution in [0.3, 0.4) is 0 Å². The molecule has 0 bridgehead atoms. The van der Waals surface area contributed by atoms with Crippen molar-refractivity contribution < 1.29 is 14.5 Å². The van der Waals surface area contributed by atoms with E-state index in [4.69, 9.17) is 16.2 Å². The lowest BCUT2D eigenvalue weighted by atomic mass is 9.75. The highest BCUT2D eigenvalue weighted by Crippen LogP contribution is 2.45. The zero-order chi connectivity index (χ0) is 21.1. The largest absolute Gasteiger partial charge is 0.465 e. The second-order valence-corrected chi connectivity index (χ2v) is 6.62. The quantitative estimate of drug-likeness (QED) is 0.426. The summed E-state index contributed by atoms with van der Waals surface area (Å²) >= 11 is 0. The number of nitrogen functional groups attached to an aromatic ring is 2. The lowest BCUT2D eigenvalue weighted by Crippen LogP contribution is -2.35. The Labute approximate surface area is 167 Å². The van der Waals surface area contributed by atoms with Gasteiger partial charge >= 0.3 is 5.97 Å². The number of carbonyl (C=O) groups is 1. The maximum absolute atomic E-state index is 12.9. The molecule has 0 aliphatic carbocycles. The van der Waals surface area contributed by atoms with E-state index in [1.165, 1.54) is 12.1 Å². The standard InChI is InChI=1S/C19H22N6O4/c1-3-6-12-14(18(26)29-4-2)13(10-7-5-8-11(9-10)25(27)28)15-16(20)23-19(21)24-17(15)22-12/h5,7-9,13-14H,3-4,6H2,1-2H3,(H4,20,21,23,24). The third-order valence-electron chi connectivity index (χ3n) is 4.71. The van der Waals surface area contributed by atoms with Gasteiger partial charge in [-0.25, -0.2) is 4.99 Å². The van der Waals surface area contributed by atoms with Crippen LogP contribution in [0.4, 0.5) is 23.3 Å². The summed E-state index contributed by atoms with van der Waals surface area (Å²) in [5.74, 6) is -1.62. The maximum Gasteiger partial charge on any atom is 0.315 e. The minimum atomic E-state index is -0.793. The van der Waals surface area contributed by atoms with E-state index < -0.39 is 22.7 Å². The Kier molecular flexibility index (Phi) is 5.71. The number of rotatable bonds is 6. The van der Waals surface area contributed by atoms with Crippen molar-refractivity contribution in [1.29, 1.82) is 0 Å². The molecule has 0 amide bonds. The van der Waals surface area contributed by atoms with Crippen LogP contribution in [-0.2, 0) is 9.53 Å². The van der Waals surface area contributed by atoms with Crippen LogP contribution in [0.15, 0.2) is 29.3 Å². The van der Waals surface area contributed by atoms with Gasteiger partial charge in [-0.2, -0.15) is 9.97 Å². The number of ether oxygens (including phenoxy) is 1. The van der Waals surface area contributed by atoms with E-state index in [9.17, 15) is 14.9 Å². The molecule has 0 saturated heterocycles. The predicted molar refractivity (Wildman–Crippen MR) is 108 cm³/mol. The molecule has 29 heavy (non-hydrogen) atoms. The van der Waals surface area contributed by atoms with Gasteiger partial charge in [0.05, 0.1) is 11.5 Å². The molecule has 3 rings (SSSR count). The number of nitro groups is 1. The molecule has 1 aliphatic heterocycles. The molecular formula is C19H22N6O4. The lowest BCUT2D eigenvalue weighted by molar-refractivity contribution is -0.384. The SMILES string of the molecule is CCCC1=Nc2nc(N)nc(N)c2C(c2cccc([N+](=O)[O-])c2)C1C(=O)OCC. The Morgan fingerprint density at radius 3 is 2.69 bits per heavy atom. The average Bonchev–Trinajstić information content (AvgIpc) is 2.67.